The van der Waals surface area contributed by atoms with Crippen LogP contribution in [-0.4, -0.2) is 24.1 Å². The van der Waals surface area contributed by atoms with Crippen molar-refractivity contribution in [3.05, 3.63) is 261 Å². The second-order valence-corrected chi connectivity index (χ2v) is 18.4. The number of rotatable bonds is 8. The van der Waals surface area contributed by atoms with E-state index < -0.39 is 0 Å². The maximum Gasteiger partial charge on any atom is 0.164 e. The summed E-state index contributed by atoms with van der Waals surface area (Å²) in [6.07, 6.45) is 0. The van der Waals surface area contributed by atoms with Gasteiger partial charge in [-0.3, -0.25) is 0 Å². The number of hydrogen-bond acceptors (Lipinski definition) is 3. The Balaban J connectivity index is 0.964. The van der Waals surface area contributed by atoms with Gasteiger partial charge in [0, 0.05) is 43.9 Å². The Morgan fingerprint density at radius 1 is 0.236 bits per heavy atom. The topological polar surface area (TPSA) is 48.5 Å². The monoisotopic (exact) mass is 917 g/mol. The standard InChI is InChI=1S/C67H43N5/c1-3-16-44(17-4-1)50-22-13-24-53(41-50)66-68-65(48-35-32-47(33-36-48)52-37-34-46-20-7-8-21-49(46)40-52)69-67(70-66)54-38-39-58-56-26-9-12-30-61(56)72(63(58)43-54)62-31-15-28-59-57-27-10-11-29-60(57)71(64(59)62)55-25-14-23-51(42-55)45-18-5-2-6-19-45/h1-43H. The van der Waals surface area contributed by atoms with Crippen molar-refractivity contribution in [1.82, 2.24) is 24.1 Å². The minimum Gasteiger partial charge on any atom is -0.307 e. The van der Waals surface area contributed by atoms with Crippen molar-refractivity contribution in [2.75, 3.05) is 0 Å². The molecule has 0 bridgehead atoms. The SMILES string of the molecule is c1ccc(-c2cccc(-c3nc(-c4ccc(-c5ccc6ccccc6c5)cc4)nc(-c4ccc5c6ccccc6n(-c6cccc7c8ccccc8n(-c8cccc(-c9ccccc9)c8)c67)c5c4)n3)c2)cc1. The summed E-state index contributed by atoms with van der Waals surface area (Å²) < 4.78 is 4.88. The highest BCUT2D eigenvalue weighted by Crippen LogP contribution is 2.41. The first-order valence-corrected chi connectivity index (χ1v) is 24.4. The lowest BCUT2D eigenvalue weighted by molar-refractivity contribution is 1.07. The van der Waals surface area contributed by atoms with Crippen LogP contribution in [0.5, 0.6) is 0 Å². The third-order valence-electron chi connectivity index (χ3n) is 14.1. The number of benzene rings is 11. The Kier molecular flexibility index (Phi) is 9.78. The van der Waals surface area contributed by atoms with Crippen molar-refractivity contribution >= 4 is 54.4 Å². The van der Waals surface area contributed by atoms with Crippen LogP contribution >= 0.6 is 0 Å². The van der Waals surface area contributed by atoms with Crippen LogP contribution in [0, 0.1) is 0 Å². The molecule has 3 aromatic heterocycles. The number of fused-ring (bicyclic) bond motifs is 7. The Labute approximate surface area is 416 Å². The van der Waals surface area contributed by atoms with Crippen LogP contribution in [0.3, 0.4) is 0 Å². The van der Waals surface area contributed by atoms with Gasteiger partial charge in [-0.05, 0) is 92.7 Å². The summed E-state index contributed by atoms with van der Waals surface area (Å²) in [5, 5.41) is 7.15. The summed E-state index contributed by atoms with van der Waals surface area (Å²) in [4.78, 5) is 15.9. The van der Waals surface area contributed by atoms with Crippen LogP contribution < -0.4 is 0 Å². The highest BCUT2D eigenvalue weighted by Gasteiger charge is 2.22. The molecule has 0 unspecified atom stereocenters. The molecule has 11 aromatic carbocycles. The van der Waals surface area contributed by atoms with Gasteiger partial charge in [0.2, 0.25) is 0 Å². The first-order valence-electron chi connectivity index (χ1n) is 24.4. The van der Waals surface area contributed by atoms with Gasteiger partial charge in [-0.25, -0.2) is 15.0 Å². The molecule has 5 nitrogen and oxygen atoms in total. The molecule has 5 heteroatoms. The Bertz CT molecular complexity index is 4380. The summed E-state index contributed by atoms with van der Waals surface area (Å²) in [6, 6.07) is 93.0. The lowest BCUT2D eigenvalue weighted by atomic mass is 10.00. The molecule has 0 aliphatic carbocycles. The van der Waals surface area contributed by atoms with Gasteiger partial charge in [0.15, 0.2) is 17.5 Å². The van der Waals surface area contributed by atoms with Crippen LogP contribution in [0.1, 0.15) is 0 Å². The maximum absolute atomic E-state index is 5.32. The molecule has 14 aromatic rings. The van der Waals surface area contributed by atoms with E-state index in [0.717, 1.165) is 77.8 Å². The fourth-order valence-corrected chi connectivity index (χ4v) is 10.7. The van der Waals surface area contributed by atoms with Gasteiger partial charge >= 0.3 is 0 Å². The summed E-state index contributed by atoms with van der Waals surface area (Å²) in [5.41, 5.74) is 16.2. The van der Waals surface area contributed by atoms with Crippen LogP contribution in [-0.2, 0) is 0 Å². The third-order valence-corrected chi connectivity index (χ3v) is 14.1. The quantitative estimate of drug-likeness (QED) is 0.153. The van der Waals surface area contributed by atoms with Crippen molar-refractivity contribution in [1.29, 1.82) is 0 Å². The number of hydrogen-bond donors (Lipinski definition) is 0. The lowest BCUT2D eigenvalue weighted by Crippen LogP contribution is -2.02. The second kappa shape index (κ2) is 17.1. The fraction of sp³-hybridized carbons (Fsp3) is 0. The van der Waals surface area contributed by atoms with Crippen molar-refractivity contribution in [2.45, 2.75) is 0 Å². The first kappa shape index (κ1) is 41.3. The van der Waals surface area contributed by atoms with Crippen LogP contribution in [0.25, 0.3) is 133 Å². The first-order chi connectivity index (χ1) is 35.7. The molecular weight excluding hydrogens is 875 g/mol. The van der Waals surface area contributed by atoms with Gasteiger partial charge < -0.3 is 9.13 Å². The van der Waals surface area contributed by atoms with Gasteiger partial charge in [0.05, 0.1) is 27.8 Å². The summed E-state index contributed by atoms with van der Waals surface area (Å²) >= 11 is 0. The summed E-state index contributed by atoms with van der Waals surface area (Å²) in [6.45, 7) is 0. The molecule has 0 N–H and O–H groups in total. The normalized spacial score (nSPS) is 11.6. The van der Waals surface area contributed by atoms with E-state index in [2.05, 4.69) is 264 Å². The molecule has 0 spiro atoms. The predicted molar refractivity (Wildman–Crippen MR) is 299 cm³/mol. The Morgan fingerprint density at radius 3 is 1.43 bits per heavy atom. The van der Waals surface area contributed by atoms with Crippen LogP contribution in [0.15, 0.2) is 261 Å². The minimum atomic E-state index is 0.600. The number of nitrogens with zero attached hydrogens (tertiary/aromatic N) is 5. The van der Waals surface area contributed by atoms with Gasteiger partial charge in [-0.15, -0.1) is 0 Å². The van der Waals surface area contributed by atoms with E-state index in [1.807, 2.05) is 6.07 Å². The van der Waals surface area contributed by atoms with Crippen molar-refractivity contribution < 1.29 is 0 Å². The fourth-order valence-electron chi connectivity index (χ4n) is 10.7. The van der Waals surface area contributed by atoms with Crippen molar-refractivity contribution in [3.63, 3.8) is 0 Å². The van der Waals surface area contributed by atoms with Gasteiger partial charge in [-0.1, -0.05) is 212 Å². The van der Waals surface area contributed by atoms with E-state index in [1.165, 1.54) is 38.1 Å². The minimum absolute atomic E-state index is 0.600. The molecular formula is C67H43N5. The Hall–Kier alpha value is -9.71. The number of para-hydroxylation sites is 3. The molecule has 0 fully saturated rings. The smallest absolute Gasteiger partial charge is 0.164 e. The van der Waals surface area contributed by atoms with E-state index in [0.29, 0.717) is 17.5 Å². The molecule has 0 saturated carbocycles. The predicted octanol–water partition coefficient (Wildman–Crippen LogP) is 17.2. The molecule has 0 saturated heterocycles. The second-order valence-electron chi connectivity index (χ2n) is 18.4. The van der Waals surface area contributed by atoms with Gasteiger partial charge in [-0.2, -0.15) is 0 Å². The molecule has 0 amide bonds. The Morgan fingerprint density at radius 2 is 0.694 bits per heavy atom. The van der Waals surface area contributed by atoms with E-state index in [9.17, 15) is 0 Å². The zero-order chi connectivity index (χ0) is 47.5. The van der Waals surface area contributed by atoms with E-state index in [4.69, 9.17) is 15.0 Å². The van der Waals surface area contributed by atoms with Gasteiger partial charge in [0.25, 0.3) is 0 Å². The molecule has 0 atom stereocenters. The molecule has 0 aliphatic heterocycles. The molecule has 14 rings (SSSR count). The van der Waals surface area contributed by atoms with Gasteiger partial charge in [0.1, 0.15) is 0 Å². The number of aromatic nitrogens is 5. The maximum atomic E-state index is 5.32. The van der Waals surface area contributed by atoms with Crippen molar-refractivity contribution in [3.8, 4) is 78.9 Å². The average molecular weight is 918 g/mol. The largest absolute Gasteiger partial charge is 0.307 e. The van der Waals surface area contributed by atoms with E-state index in [1.54, 1.807) is 0 Å². The molecule has 0 aliphatic rings. The van der Waals surface area contributed by atoms with Crippen LogP contribution in [0.4, 0.5) is 0 Å². The zero-order valence-electron chi connectivity index (χ0n) is 39.1. The molecule has 72 heavy (non-hydrogen) atoms. The third kappa shape index (κ3) is 7.06. The molecule has 3 heterocycles. The highest BCUT2D eigenvalue weighted by molar-refractivity contribution is 6.15. The lowest BCUT2D eigenvalue weighted by Gasteiger charge is -2.15. The van der Waals surface area contributed by atoms with Crippen LogP contribution in [0.2, 0.25) is 0 Å². The molecule has 0 radical (unpaired) electrons. The highest BCUT2D eigenvalue weighted by atomic mass is 15.1. The summed E-state index contributed by atoms with van der Waals surface area (Å²) in [5.74, 6) is 1.82. The van der Waals surface area contributed by atoms with Crippen molar-refractivity contribution in [2.24, 2.45) is 0 Å². The molecule has 336 valence electrons. The summed E-state index contributed by atoms with van der Waals surface area (Å²) in [7, 11) is 0. The zero-order valence-corrected chi connectivity index (χ0v) is 39.1. The van der Waals surface area contributed by atoms with E-state index in [-0.39, 0.29) is 0 Å². The average Bonchev–Trinajstić information content (AvgIpc) is 3.98. The van der Waals surface area contributed by atoms with E-state index >= 15 is 0 Å².